The van der Waals surface area contributed by atoms with Gasteiger partial charge in [-0.15, -0.1) is 11.3 Å². The lowest BCUT2D eigenvalue weighted by molar-refractivity contribution is -0.118. The molecule has 1 unspecified atom stereocenters. The maximum Gasteiger partial charge on any atom is 0.288 e. The van der Waals surface area contributed by atoms with Gasteiger partial charge in [0.1, 0.15) is 0 Å². The van der Waals surface area contributed by atoms with Crippen LogP contribution in [0.3, 0.4) is 0 Å². The summed E-state index contributed by atoms with van der Waals surface area (Å²) < 4.78 is 24.9. The molecule has 0 radical (unpaired) electrons. The molecule has 0 aliphatic rings. The van der Waals surface area contributed by atoms with Crippen molar-refractivity contribution < 1.29 is 13.6 Å². The van der Waals surface area contributed by atoms with Crippen molar-refractivity contribution in [3.8, 4) is 0 Å². The van der Waals surface area contributed by atoms with Gasteiger partial charge in [0.25, 0.3) is 5.76 Å². The number of hydrogen-bond acceptors (Lipinski definition) is 4. The highest BCUT2D eigenvalue weighted by Crippen LogP contribution is 2.30. The maximum absolute atomic E-state index is 12.4. The topological polar surface area (TPSA) is 55.1 Å². The summed E-state index contributed by atoms with van der Waals surface area (Å²) in [6, 6.07) is 18.1. The molecule has 0 saturated carbocycles. The summed E-state index contributed by atoms with van der Waals surface area (Å²) in [6.07, 6.45) is 0. The fourth-order valence-electron chi connectivity index (χ4n) is 2.76. The molecule has 0 aliphatic carbocycles. The summed E-state index contributed by atoms with van der Waals surface area (Å²) in [5.74, 6) is -3.58. The van der Waals surface area contributed by atoms with E-state index in [0.717, 1.165) is 17.8 Å². The molecule has 0 saturated heterocycles. The van der Waals surface area contributed by atoms with Crippen LogP contribution >= 0.6 is 23.1 Å². The summed E-state index contributed by atoms with van der Waals surface area (Å²) in [4.78, 5) is 13.7. The number of hydrogen-bond donors (Lipinski definition) is 2. The first-order chi connectivity index (χ1) is 13.0. The molecule has 1 aromatic heterocycles. The molecule has 27 heavy (non-hydrogen) atoms. The second-order valence-corrected chi connectivity index (χ2v) is 7.93. The van der Waals surface area contributed by atoms with Crippen molar-refractivity contribution in [2.24, 2.45) is 5.73 Å². The van der Waals surface area contributed by atoms with E-state index in [-0.39, 0.29) is 0 Å². The Morgan fingerprint density at radius 1 is 1.04 bits per heavy atom. The fourth-order valence-corrected chi connectivity index (χ4v) is 3.90. The van der Waals surface area contributed by atoms with Crippen LogP contribution in [0.4, 0.5) is 14.5 Å². The highest BCUT2D eigenvalue weighted by Gasteiger charge is 2.20. The molecule has 1 amide bonds. The van der Waals surface area contributed by atoms with Gasteiger partial charge >= 0.3 is 0 Å². The predicted octanol–water partition coefficient (Wildman–Crippen LogP) is 5.29. The van der Waals surface area contributed by atoms with Gasteiger partial charge in [0, 0.05) is 22.0 Å². The van der Waals surface area contributed by atoms with Crippen molar-refractivity contribution in [3.05, 3.63) is 82.0 Å². The Morgan fingerprint density at radius 3 is 2.19 bits per heavy atom. The number of anilines is 1. The van der Waals surface area contributed by atoms with Crippen molar-refractivity contribution in [3.63, 3.8) is 0 Å². The van der Waals surface area contributed by atoms with E-state index in [4.69, 9.17) is 5.73 Å². The minimum absolute atomic E-state index is 0.449. The second-order valence-electron chi connectivity index (χ2n) is 5.84. The standard InChI is InChI=1S/C20H18F2N2OS2/c21-20(22)27-16-9-5-14(6-10-16)18(19(23)25)13-3-7-15(8-4-13)24-12-17-2-1-11-26-17/h1-11,18,20,24H,12H2,(H2,23,25). The van der Waals surface area contributed by atoms with E-state index in [1.54, 1.807) is 35.6 Å². The van der Waals surface area contributed by atoms with Crippen molar-refractivity contribution in [1.82, 2.24) is 0 Å². The third-order valence-corrected chi connectivity index (χ3v) is 5.61. The Bertz CT molecular complexity index is 866. The lowest BCUT2D eigenvalue weighted by Gasteiger charge is -2.16. The molecule has 1 heterocycles. The first-order valence-electron chi connectivity index (χ1n) is 8.23. The highest BCUT2D eigenvalue weighted by atomic mass is 32.2. The van der Waals surface area contributed by atoms with E-state index >= 15 is 0 Å². The zero-order chi connectivity index (χ0) is 19.2. The molecule has 3 aromatic rings. The molecule has 3 nitrogen and oxygen atoms in total. The summed E-state index contributed by atoms with van der Waals surface area (Å²) in [7, 11) is 0. The monoisotopic (exact) mass is 404 g/mol. The van der Waals surface area contributed by atoms with Crippen LogP contribution in [-0.4, -0.2) is 11.7 Å². The summed E-state index contributed by atoms with van der Waals surface area (Å²) >= 11 is 2.16. The third kappa shape index (κ3) is 5.30. The molecule has 3 N–H and O–H groups in total. The number of nitrogens with one attached hydrogen (secondary N) is 1. The number of benzene rings is 2. The Balaban J connectivity index is 1.73. The number of thioether (sulfide) groups is 1. The largest absolute Gasteiger partial charge is 0.380 e. The highest BCUT2D eigenvalue weighted by molar-refractivity contribution is 7.99. The Kier molecular flexibility index (Phi) is 6.47. The van der Waals surface area contributed by atoms with Crippen molar-refractivity contribution in [2.45, 2.75) is 23.1 Å². The molecule has 3 rings (SSSR count). The molecule has 0 aliphatic heterocycles. The quantitative estimate of drug-likeness (QED) is 0.502. The van der Waals surface area contributed by atoms with Gasteiger partial charge in [0.15, 0.2) is 0 Å². The van der Waals surface area contributed by atoms with Crippen LogP contribution in [0.15, 0.2) is 70.9 Å². The molecular weight excluding hydrogens is 386 g/mol. The van der Waals surface area contributed by atoms with E-state index in [1.807, 2.05) is 35.7 Å². The van der Waals surface area contributed by atoms with Crippen molar-refractivity contribution >= 4 is 34.7 Å². The number of amides is 1. The Morgan fingerprint density at radius 2 is 1.67 bits per heavy atom. The minimum Gasteiger partial charge on any atom is -0.380 e. The molecule has 2 aromatic carbocycles. The van der Waals surface area contributed by atoms with Crippen LogP contribution in [-0.2, 0) is 11.3 Å². The van der Waals surface area contributed by atoms with Crippen LogP contribution in [0.1, 0.15) is 21.9 Å². The molecular formula is C20H18F2N2OS2. The zero-order valence-electron chi connectivity index (χ0n) is 14.3. The summed E-state index contributed by atoms with van der Waals surface area (Å²) in [6.45, 7) is 0.736. The number of alkyl halides is 2. The first kappa shape index (κ1) is 19.4. The lowest BCUT2D eigenvalue weighted by atomic mass is 9.90. The molecule has 140 valence electrons. The zero-order valence-corrected chi connectivity index (χ0v) is 15.9. The van der Waals surface area contributed by atoms with E-state index in [2.05, 4.69) is 11.4 Å². The summed E-state index contributed by atoms with van der Waals surface area (Å²) in [5, 5.41) is 5.36. The van der Waals surface area contributed by atoms with E-state index in [1.165, 1.54) is 4.88 Å². The first-order valence-corrected chi connectivity index (χ1v) is 9.99. The van der Waals surface area contributed by atoms with Crippen molar-refractivity contribution in [1.29, 1.82) is 0 Å². The SMILES string of the molecule is NC(=O)C(c1ccc(NCc2cccs2)cc1)c1ccc(SC(F)F)cc1. The number of primary amides is 1. The Labute approximate surface area is 164 Å². The lowest BCUT2D eigenvalue weighted by Crippen LogP contribution is -2.22. The predicted molar refractivity (Wildman–Crippen MR) is 107 cm³/mol. The summed E-state index contributed by atoms with van der Waals surface area (Å²) in [5.41, 5.74) is 7.99. The fraction of sp³-hybridized carbons (Fsp3) is 0.150. The van der Waals surface area contributed by atoms with Gasteiger partial charge in [-0.2, -0.15) is 8.78 Å². The van der Waals surface area contributed by atoms with Crippen LogP contribution in [0, 0.1) is 0 Å². The number of nitrogens with two attached hydrogens (primary N) is 1. The van der Waals surface area contributed by atoms with Crippen LogP contribution in [0.25, 0.3) is 0 Å². The smallest absolute Gasteiger partial charge is 0.288 e. The van der Waals surface area contributed by atoms with Crippen LogP contribution in [0.5, 0.6) is 0 Å². The van der Waals surface area contributed by atoms with Gasteiger partial charge in [-0.05, 0) is 46.8 Å². The molecule has 0 fully saturated rings. The van der Waals surface area contributed by atoms with Gasteiger partial charge in [-0.3, -0.25) is 4.79 Å². The Hall–Kier alpha value is -2.38. The number of halogens is 2. The van der Waals surface area contributed by atoms with E-state index in [0.29, 0.717) is 22.2 Å². The number of thiophene rings is 1. The number of carbonyl (C=O) groups is 1. The van der Waals surface area contributed by atoms with Crippen LogP contribution in [0.2, 0.25) is 0 Å². The minimum atomic E-state index is -2.47. The van der Waals surface area contributed by atoms with Crippen molar-refractivity contribution in [2.75, 3.05) is 5.32 Å². The number of rotatable bonds is 8. The van der Waals surface area contributed by atoms with Crippen LogP contribution < -0.4 is 11.1 Å². The second kappa shape index (κ2) is 9.01. The molecule has 1 atom stereocenters. The van der Waals surface area contributed by atoms with Gasteiger partial charge < -0.3 is 11.1 Å². The van der Waals surface area contributed by atoms with E-state index in [9.17, 15) is 13.6 Å². The number of carbonyl (C=O) groups excluding carboxylic acids is 1. The van der Waals surface area contributed by atoms with Gasteiger partial charge in [0.05, 0.1) is 5.92 Å². The molecule has 0 bridgehead atoms. The molecule has 7 heteroatoms. The maximum atomic E-state index is 12.4. The van der Waals surface area contributed by atoms with Gasteiger partial charge in [-0.25, -0.2) is 0 Å². The average molecular weight is 405 g/mol. The van der Waals surface area contributed by atoms with Gasteiger partial charge in [0.2, 0.25) is 5.91 Å². The third-order valence-electron chi connectivity index (χ3n) is 4.01. The normalized spacial score (nSPS) is 12.1. The van der Waals surface area contributed by atoms with E-state index < -0.39 is 17.6 Å². The molecule has 0 spiro atoms. The van der Waals surface area contributed by atoms with Gasteiger partial charge in [-0.1, -0.05) is 42.1 Å². The average Bonchev–Trinajstić information content (AvgIpc) is 3.15.